The molecule has 0 aromatic carbocycles. The molecule has 0 fully saturated rings. The van der Waals surface area contributed by atoms with Gasteiger partial charge in [0.05, 0.1) is 19.8 Å². The SMILES string of the molecule is CCC(Br)CCNCCOCCOC. The molecule has 0 aromatic rings. The van der Waals surface area contributed by atoms with Crippen LogP contribution in [0.25, 0.3) is 0 Å². The summed E-state index contributed by atoms with van der Waals surface area (Å²) in [4.78, 5) is 0.643. The van der Waals surface area contributed by atoms with E-state index in [0.717, 1.165) is 19.7 Å². The zero-order valence-corrected chi connectivity index (χ0v) is 10.8. The second kappa shape index (κ2) is 11.4. The van der Waals surface area contributed by atoms with Crippen LogP contribution in [0.1, 0.15) is 19.8 Å². The van der Waals surface area contributed by atoms with Crippen molar-refractivity contribution in [3.8, 4) is 0 Å². The lowest BCUT2D eigenvalue weighted by molar-refractivity contribution is 0.0720. The molecule has 0 heterocycles. The van der Waals surface area contributed by atoms with Crippen LogP contribution < -0.4 is 5.32 Å². The highest BCUT2D eigenvalue weighted by Gasteiger charge is 1.98. The average Bonchev–Trinajstić information content (AvgIpc) is 2.21. The molecule has 1 N–H and O–H groups in total. The van der Waals surface area contributed by atoms with E-state index in [2.05, 4.69) is 28.2 Å². The van der Waals surface area contributed by atoms with Crippen molar-refractivity contribution in [1.29, 1.82) is 0 Å². The molecule has 0 bridgehead atoms. The fourth-order valence-electron chi connectivity index (χ4n) is 0.976. The van der Waals surface area contributed by atoms with Gasteiger partial charge in [-0.25, -0.2) is 0 Å². The van der Waals surface area contributed by atoms with Crippen LogP contribution in [0.3, 0.4) is 0 Å². The van der Waals surface area contributed by atoms with Crippen LogP contribution in [-0.4, -0.2) is 44.8 Å². The second-order valence-corrected chi connectivity index (χ2v) is 4.44. The lowest BCUT2D eigenvalue weighted by Gasteiger charge is -2.08. The van der Waals surface area contributed by atoms with Gasteiger partial charge in [0.2, 0.25) is 0 Å². The van der Waals surface area contributed by atoms with Crippen LogP contribution >= 0.6 is 15.9 Å². The normalized spacial score (nSPS) is 13.1. The highest BCUT2D eigenvalue weighted by molar-refractivity contribution is 9.09. The van der Waals surface area contributed by atoms with Gasteiger partial charge in [-0.1, -0.05) is 22.9 Å². The molecule has 86 valence electrons. The largest absolute Gasteiger partial charge is 0.382 e. The number of methoxy groups -OCH3 is 1. The zero-order valence-electron chi connectivity index (χ0n) is 9.22. The van der Waals surface area contributed by atoms with Crippen molar-refractivity contribution in [2.45, 2.75) is 24.6 Å². The van der Waals surface area contributed by atoms with E-state index in [1.54, 1.807) is 7.11 Å². The molecule has 0 aliphatic rings. The van der Waals surface area contributed by atoms with Crippen LogP contribution in [0, 0.1) is 0 Å². The van der Waals surface area contributed by atoms with E-state index in [-0.39, 0.29) is 0 Å². The third-order valence-electron chi connectivity index (χ3n) is 1.93. The summed E-state index contributed by atoms with van der Waals surface area (Å²) < 4.78 is 10.2. The molecule has 1 atom stereocenters. The number of halogens is 1. The Bertz CT molecular complexity index is 114. The van der Waals surface area contributed by atoms with Crippen LogP contribution in [0.4, 0.5) is 0 Å². The Kier molecular flexibility index (Phi) is 11.7. The summed E-state index contributed by atoms with van der Waals surface area (Å²) in [6.45, 7) is 6.30. The fourth-order valence-corrected chi connectivity index (χ4v) is 1.21. The number of nitrogens with one attached hydrogen (secondary N) is 1. The highest BCUT2D eigenvalue weighted by atomic mass is 79.9. The van der Waals surface area contributed by atoms with Gasteiger partial charge >= 0.3 is 0 Å². The first-order chi connectivity index (χ1) is 6.81. The summed E-state index contributed by atoms with van der Waals surface area (Å²) in [5.41, 5.74) is 0. The van der Waals surface area contributed by atoms with E-state index in [0.29, 0.717) is 18.0 Å². The topological polar surface area (TPSA) is 30.5 Å². The molecule has 0 saturated heterocycles. The van der Waals surface area contributed by atoms with Crippen LogP contribution in [-0.2, 0) is 9.47 Å². The van der Waals surface area contributed by atoms with Gasteiger partial charge in [-0.15, -0.1) is 0 Å². The number of hydrogen-bond donors (Lipinski definition) is 1. The standard InChI is InChI=1S/C10H22BrNO2/c1-3-10(11)4-5-12-6-7-14-9-8-13-2/h10,12H,3-9H2,1-2H3. The minimum atomic E-state index is 0.643. The van der Waals surface area contributed by atoms with E-state index < -0.39 is 0 Å². The predicted molar refractivity (Wildman–Crippen MR) is 63.2 cm³/mol. The maximum absolute atomic E-state index is 5.31. The number of rotatable bonds is 10. The van der Waals surface area contributed by atoms with E-state index >= 15 is 0 Å². The van der Waals surface area contributed by atoms with Gasteiger partial charge in [-0.2, -0.15) is 0 Å². The van der Waals surface area contributed by atoms with Gasteiger partial charge in [0.15, 0.2) is 0 Å². The molecule has 4 heteroatoms. The smallest absolute Gasteiger partial charge is 0.0700 e. The Morgan fingerprint density at radius 1 is 1.21 bits per heavy atom. The summed E-state index contributed by atoms with van der Waals surface area (Å²) in [7, 11) is 1.68. The summed E-state index contributed by atoms with van der Waals surface area (Å²) in [5.74, 6) is 0. The lowest BCUT2D eigenvalue weighted by atomic mass is 10.2. The van der Waals surface area contributed by atoms with Crippen molar-refractivity contribution in [1.82, 2.24) is 5.32 Å². The summed E-state index contributed by atoms with van der Waals surface area (Å²) in [6.07, 6.45) is 2.36. The molecule has 0 radical (unpaired) electrons. The Morgan fingerprint density at radius 2 is 2.00 bits per heavy atom. The molecule has 0 rings (SSSR count). The minimum absolute atomic E-state index is 0.643. The Hall–Kier alpha value is 0.360. The number of alkyl halides is 1. The molecule has 0 spiro atoms. The van der Waals surface area contributed by atoms with E-state index in [1.165, 1.54) is 12.8 Å². The molecule has 3 nitrogen and oxygen atoms in total. The highest BCUT2D eigenvalue weighted by Crippen LogP contribution is 2.07. The summed E-state index contributed by atoms with van der Waals surface area (Å²) in [6, 6.07) is 0. The lowest BCUT2D eigenvalue weighted by Crippen LogP contribution is -2.23. The van der Waals surface area contributed by atoms with Gasteiger partial charge in [-0.05, 0) is 19.4 Å². The quantitative estimate of drug-likeness (QED) is 0.484. The molecule has 0 aliphatic heterocycles. The summed E-state index contributed by atoms with van der Waals surface area (Å²) >= 11 is 3.59. The van der Waals surface area contributed by atoms with Crippen LogP contribution in [0.15, 0.2) is 0 Å². The Labute approximate surface area is 95.7 Å². The van der Waals surface area contributed by atoms with Crippen LogP contribution in [0.5, 0.6) is 0 Å². The third kappa shape index (κ3) is 10.4. The van der Waals surface area contributed by atoms with Crippen molar-refractivity contribution in [3.63, 3.8) is 0 Å². The van der Waals surface area contributed by atoms with Crippen molar-refractivity contribution in [2.24, 2.45) is 0 Å². The summed E-state index contributed by atoms with van der Waals surface area (Å²) in [5, 5.41) is 3.33. The van der Waals surface area contributed by atoms with Crippen molar-refractivity contribution in [3.05, 3.63) is 0 Å². The van der Waals surface area contributed by atoms with Gasteiger partial charge < -0.3 is 14.8 Å². The molecule has 0 saturated carbocycles. The van der Waals surface area contributed by atoms with E-state index in [1.807, 2.05) is 0 Å². The molecular weight excluding hydrogens is 246 g/mol. The molecule has 0 aliphatic carbocycles. The zero-order chi connectivity index (χ0) is 10.6. The van der Waals surface area contributed by atoms with Gasteiger partial charge in [0.25, 0.3) is 0 Å². The second-order valence-electron chi connectivity index (χ2n) is 3.15. The minimum Gasteiger partial charge on any atom is -0.382 e. The third-order valence-corrected chi connectivity index (χ3v) is 3.04. The molecule has 1 unspecified atom stereocenters. The maximum atomic E-state index is 5.31. The first-order valence-electron chi connectivity index (χ1n) is 5.22. The Balaban J connectivity index is 2.92. The molecule has 0 aromatic heterocycles. The molecule has 0 amide bonds. The van der Waals surface area contributed by atoms with E-state index in [4.69, 9.17) is 9.47 Å². The van der Waals surface area contributed by atoms with Crippen LogP contribution in [0.2, 0.25) is 0 Å². The number of hydrogen-bond acceptors (Lipinski definition) is 3. The van der Waals surface area contributed by atoms with Gasteiger partial charge in [0.1, 0.15) is 0 Å². The van der Waals surface area contributed by atoms with Crippen molar-refractivity contribution < 1.29 is 9.47 Å². The maximum Gasteiger partial charge on any atom is 0.0700 e. The van der Waals surface area contributed by atoms with Crippen molar-refractivity contribution in [2.75, 3.05) is 40.0 Å². The Morgan fingerprint density at radius 3 is 2.64 bits per heavy atom. The first kappa shape index (κ1) is 14.4. The monoisotopic (exact) mass is 267 g/mol. The van der Waals surface area contributed by atoms with Crippen molar-refractivity contribution >= 4 is 15.9 Å². The predicted octanol–water partition coefficient (Wildman–Crippen LogP) is 1.80. The molecular formula is C10H22BrNO2. The average molecular weight is 268 g/mol. The number of ether oxygens (including phenoxy) is 2. The van der Waals surface area contributed by atoms with Gasteiger partial charge in [0, 0.05) is 18.5 Å². The molecule has 14 heavy (non-hydrogen) atoms. The first-order valence-corrected chi connectivity index (χ1v) is 6.14. The fraction of sp³-hybridized carbons (Fsp3) is 1.00. The van der Waals surface area contributed by atoms with Gasteiger partial charge in [-0.3, -0.25) is 0 Å². The van der Waals surface area contributed by atoms with E-state index in [9.17, 15) is 0 Å².